The predicted octanol–water partition coefficient (Wildman–Crippen LogP) is 2.76. The molecule has 0 fully saturated rings. The van der Waals surface area contributed by atoms with Crippen molar-refractivity contribution in [3.05, 3.63) is 59.5 Å². The second-order valence-corrected chi connectivity index (χ2v) is 4.33. The molecule has 1 aromatic heterocycles. The third-order valence-corrected chi connectivity index (χ3v) is 3.03. The van der Waals surface area contributed by atoms with Crippen LogP contribution in [0, 0.1) is 0 Å². The molecule has 1 atom stereocenters. The summed E-state index contributed by atoms with van der Waals surface area (Å²) in [5.41, 5.74) is 1.94. The number of hydrogen-bond donors (Lipinski definition) is 2. The summed E-state index contributed by atoms with van der Waals surface area (Å²) >= 11 is 0. The van der Waals surface area contributed by atoms with E-state index in [0.717, 1.165) is 17.7 Å². The van der Waals surface area contributed by atoms with E-state index in [-0.39, 0.29) is 0 Å². The maximum atomic E-state index is 11.3. The average molecular weight is 259 g/mol. The number of nitrogens with one attached hydrogen (secondary N) is 1. The number of hydrogen-bond acceptors (Lipinski definition) is 3. The third-order valence-electron chi connectivity index (χ3n) is 3.03. The number of aliphatic carboxylic acids is 1. The van der Waals surface area contributed by atoms with E-state index in [4.69, 9.17) is 4.42 Å². The first kappa shape index (κ1) is 13.4. The predicted molar refractivity (Wildman–Crippen MR) is 71.7 cm³/mol. The van der Waals surface area contributed by atoms with Crippen LogP contribution < -0.4 is 5.32 Å². The maximum Gasteiger partial charge on any atom is 0.325 e. The number of rotatable bonds is 6. The van der Waals surface area contributed by atoms with Crippen molar-refractivity contribution in [1.29, 1.82) is 0 Å². The van der Waals surface area contributed by atoms with E-state index in [9.17, 15) is 9.90 Å². The van der Waals surface area contributed by atoms with Crippen LogP contribution in [0.4, 0.5) is 0 Å². The maximum absolute atomic E-state index is 11.3. The van der Waals surface area contributed by atoms with Crippen LogP contribution in [-0.4, -0.2) is 11.1 Å². The Bertz CT molecular complexity index is 517. The monoisotopic (exact) mass is 259 g/mol. The van der Waals surface area contributed by atoms with Crippen molar-refractivity contribution >= 4 is 5.97 Å². The Balaban J connectivity index is 2.08. The van der Waals surface area contributed by atoms with Crippen molar-refractivity contribution in [2.24, 2.45) is 0 Å². The second kappa shape index (κ2) is 6.20. The van der Waals surface area contributed by atoms with Gasteiger partial charge in [-0.05, 0) is 29.7 Å². The lowest BCUT2D eigenvalue weighted by Crippen LogP contribution is -2.27. The topological polar surface area (TPSA) is 62.5 Å². The summed E-state index contributed by atoms with van der Waals surface area (Å²) < 4.78 is 5.18. The number of carbonyl (C=O) groups is 1. The zero-order valence-corrected chi connectivity index (χ0v) is 10.8. The first-order chi connectivity index (χ1) is 9.20. The SMILES string of the molecule is CCc1ccc(C(NCc2ccco2)C(=O)O)cc1. The summed E-state index contributed by atoms with van der Waals surface area (Å²) in [6.45, 7) is 2.46. The zero-order chi connectivity index (χ0) is 13.7. The van der Waals surface area contributed by atoms with Gasteiger partial charge >= 0.3 is 5.97 Å². The summed E-state index contributed by atoms with van der Waals surface area (Å²) in [7, 11) is 0. The quantitative estimate of drug-likeness (QED) is 0.837. The Labute approximate surface area is 112 Å². The molecule has 100 valence electrons. The minimum Gasteiger partial charge on any atom is -0.480 e. The molecule has 4 nitrogen and oxygen atoms in total. The van der Waals surface area contributed by atoms with Gasteiger partial charge in [0.2, 0.25) is 0 Å². The van der Waals surface area contributed by atoms with Crippen LogP contribution in [0.3, 0.4) is 0 Å². The fourth-order valence-electron chi connectivity index (χ4n) is 1.91. The van der Waals surface area contributed by atoms with Crippen LogP contribution >= 0.6 is 0 Å². The molecular weight excluding hydrogens is 242 g/mol. The highest BCUT2D eigenvalue weighted by atomic mass is 16.4. The van der Waals surface area contributed by atoms with Crippen LogP contribution in [0.5, 0.6) is 0 Å². The Kier molecular flexibility index (Phi) is 4.36. The largest absolute Gasteiger partial charge is 0.480 e. The fourth-order valence-corrected chi connectivity index (χ4v) is 1.91. The first-order valence-corrected chi connectivity index (χ1v) is 6.28. The molecule has 0 aliphatic heterocycles. The summed E-state index contributed by atoms with van der Waals surface area (Å²) in [5.74, 6) is -0.174. The normalized spacial score (nSPS) is 12.3. The standard InChI is InChI=1S/C15H17NO3/c1-2-11-5-7-12(8-6-11)14(15(17)18)16-10-13-4-3-9-19-13/h3-9,14,16H,2,10H2,1H3,(H,17,18). The lowest BCUT2D eigenvalue weighted by atomic mass is 10.0. The Morgan fingerprint density at radius 3 is 2.58 bits per heavy atom. The Morgan fingerprint density at radius 1 is 1.32 bits per heavy atom. The first-order valence-electron chi connectivity index (χ1n) is 6.28. The molecule has 19 heavy (non-hydrogen) atoms. The molecule has 0 bridgehead atoms. The van der Waals surface area contributed by atoms with Crippen molar-refractivity contribution in [3.8, 4) is 0 Å². The van der Waals surface area contributed by atoms with Crippen LogP contribution in [0.1, 0.15) is 29.9 Å². The summed E-state index contributed by atoms with van der Waals surface area (Å²) in [6.07, 6.45) is 2.51. The molecule has 0 saturated carbocycles. The van der Waals surface area contributed by atoms with Crippen LogP contribution in [0.15, 0.2) is 47.1 Å². The molecule has 2 aromatic rings. The molecule has 0 spiro atoms. The highest BCUT2D eigenvalue weighted by molar-refractivity contribution is 5.75. The van der Waals surface area contributed by atoms with Gasteiger partial charge in [-0.1, -0.05) is 31.2 Å². The highest BCUT2D eigenvalue weighted by Crippen LogP contribution is 2.15. The van der Waals surface area contributed by atoms with E-state index in [0.29, 0.717) is 6.54 Å². The van der Waals surface area contributed by atoms with Crippen LogP contribution in [0.25, 0.3) is 0 Å². The number of aryl methyl sites for hydroxylation is 1. The molecule has 0 aliphatic carbocycles. The van der Waals surface area contributed by atoms with Crippen molar-refractivity contribution in [1.82, 2.24) is 5.32 Å². The van der Waals surface area contributed by atoms with Crippen molar-refractivity contribution in [2.75, 3.05) is 0 Å². The number of benzene rings is 1. The molecular formula is C15H17NO3. The lowest BCUT2D eigenvalue weighted by Gasteiger charge is -2.14. The molecule has 2 rings (SSSR count). The van der Waals surface area contributed by atoms with E-state index in [1.54, 1.807) is 12.3 Å². The van der Waals surface area contributed by atoms with Crippen LogP contribution in [0.2, 0.25) is 0 Å². The average Bonchev–Trinajstić information content (AvgIpc) is 2.92. The van der Waals surface area contributed by atoms with E-state index in [1.165, 1.54) is 5.56 Å². The lowest BCUT2D eigenvalue weighted by molar-refractivity contribution is -0.139. The van der Waals surface area contributed by atoms with Gasteiger partial charge < -0.3 is 9.52 Å². The zero-order valence-electron chi connectivity index (χ0n) is 10.8. The van der Waals surface area contributed by atoms with E-state index in [2.05, 4.69) is 12.2 Å². The van der Waals surface area contributed by atoms with E-state index in [1.807, 2.05) is 30.3 Å². The van der Waals surface area contributed by atoms with Gasteiger partial charge in [0.25, 0.3) is 0 Å². The fraction of sp³-hybridized carbons (Fsp3) is 0.267. The van der Waals surface area contributed by atoms with Crippen molar-refractivity contribution in [2.45, 2.75) is 25.9 Å². The van der Waals surface area contributed by atoms with Crippen molar-refractivity contribution < 1.29 is 14.3 Å². The third kappa shape index (κ3) is 3.45. The molecule has 2 N–H and O–H groups in total. The van der Waals surface area contributed by atoms with Crippen LogP contribution in [-0.2, 0) is 17.8 Å². The van der Waals surface area contributed by atoms with Gasteiger partial charge in [-0.25, -0.2) is 0 Å². The van der Waals surface area contributed by atoms with Gasteiger partial charge in [0.05, 0.1) is 12.8 Å². The second-order valence-electron chi connectivity index (χ2n) is 4.33. The number of furan rings is 1. The van der Waals surface area contributed by atoms with Gasteiger partial charge in [-0.3, -0.25) is 10.1 Å². The number of carboxylic acids is 1. The Hall–Kier alpha value is -2.07. The Morgan fingerprint density at radius 2 is 2.05 bits per heavy atom. The van der Waals surface area contributed by atoms with E-state index < -0.39 is 12.0 Å². The molecule has 0 amide bonds. The minimum atomic E-state index is -0.893. The molecule has 0 aliphatic rings. The molecule has 1 heterocycles. The van der Waals surface area contributed by atoms with Crippen molar-refractivity contribution in [3.63, 3.8) is 0 Å². The molecule has 1 unspecified atom stereocenters. The summed E-state index contributed by atoms with van der Waals surface area (Å²) in [4.78, 5) is 11.3. The highest BCUT2D eigenvalue weighted by Gasteiger charge is 2.19. The van der Waals surface area contributed by atoms with Gasteiger partial charge in [0, 0.05) is 0 Å². The molecule has 4 heteroatoms. The minimum absolute atomic E-state index is 0.388. The summed E-state index contributed by atoms with van der Waals surface area (Å²) in [6, 6.07) is 10.5. The van der Waals surface area contributed by atoms with Gasteiger partial charge in [0.15, 0.2) is 0 Å². The molecule has 0 radical (unpaired) electrons. The smallest absolute Gasteiger partial charge is 0.325 e. The summed E-state index contributed by atoms with van der Waals surface area (Å²) in [5, 5.41) is 12.3. The van der Waals surface area contributed by atoms with E-state index >= 15 is 0 Å². The number of carboxylic acid groups (broad SMARTS) is 1. The molecule has 1 aromatic carbocycles. The van der Waals surface area contributed by atoms with Gasteiger partial charge in [0.1, 0.15) is 11.8 Å². The van der Waals surface area contributed by atoms with Gasteiger partial charge in [-0.2, -0.15) is 0 Å². The molecule has 0 saturated heterocycles. The van der Waals surface area contributed by atoms with Gasteiger partial charge in [-0.15, -0.1) is 0 Å².